The lowest BCUT2D eigenvalue weighted by atomic mass is 10.1. The van der Waals surface area contributed by atoms with Crippen molar-refractivity contribution in [2.45, 2.75) is 19.5 Å². The number of aromatic nitrogens is 3. The van der Waals surface area contributed by atoms with E-state index in [2.05, 4.69) is 22.3 Å². The van der Waals surface area contributed by atoms with E-state index in [0.717, 1.165) is 22.9 Å². The quantitative estimate of drug-likeness (QED) is 0.870. The Kier molecular flexibility index (Phi) is 4.57. The first-order chi connectivity index (χ1) is 9.63. The second kappa shape index (κ2) is 6.38. The first kappa shape index (κ1) is 14.3. The van der Waals surface area contributed by atoms with Gasteiger partial charge in [0.25, 0.3) is 0 Å². The number of hydrogen-bond acceptors (Lipinski definition) is 5. The molecule has 0 bridgehead atoms. The number of hydrogen-bond donors (Lipinski definition) is 1. The summed E-state index contributed by atoms with van der Waals surface area (Å²) in [6.07, 6.45) is 1.69. The number of aryl methyl sites for hydroxylation is 1. The number of methoxy groups -OCH3 is 2. The molecule has 6 heteroatoms. The van der Waals surface area contributed by atoms with Gasteiger partial charge in [-0.25, -0.2) is 4.98 Å². The van der Waals surface area contributed by atoms with Gasteiger partial charge in [-0.05, 0) is 24.6 Å². The number of nitrogens with one attached hydrogen (secondary N) is 1. The van der Waals surface area contributed by atoms with Crippen molar-refractivity contribution in [3.63, 3.8) is 0 Å². The molecule has 6 nitrogen and oxygen atoms in total. The standard InChI is InChI=1S/C14H20N4O2/c1-10(15-8-14-16-9-18(2)17-14)11-5-6-12(19-3)13(7-11)20-4/h5-7,9-10,15H,8H2,1-4H3. The molecule has 1 unspecified atom stereocenters. The highest BCUT2D eigenvalue weighted by atomic mass is 16.5. The fourth-order valence-corrected chi connectivity index (χ4v) is 1.95. The van der Waals surface area contributed by atoms with E-state index in [-0.39, 0.29) is 6.04 Å². The summed E-state index contributed by atoms with van der Waals surface area (Å²) in [5.41, 5.74) is 1.12. The van der Waals surface area contributed by atoms with E-state index in [0.29, 0.717) is 6.54 Å². The lowest BCUT2D eigenvalue weighted by Gasteiger charge is -2.15. The lowest BCUT2D eigenvalue weighted by Crippen LogP contribution is -2.19. The van der Waals surface area contributed by atoms with Gasteiger partial charge in [0.15, 0.2) is 17.3 Å². The smallest absolute Gasteiger partial charge is 0.164 e. The maximum absolute atomic E-state index is 5.31. The van der Waals surface area contributed by atoms with Crippen LogP contribution in [0.4, 0.5) is 0 Å². The third-order valence-corrected chi connectivity index (χ3v) is 3.12. The highest BCUT2D eigenvalue weighted by Crippen LogP contribution is 2.29. The zero-order valence-electron chi connectivity index (χ0n) is 12.3. The van der Waals surface area contributed by atoms with E-state index in [1.165, 1.54) is 0 Å². The van der Waals surface area contributed by atoms with Crippen LogP contribution < -0.4 is 14.8 Å². The Morgan fingerprint density at radius 3 is 2.60 bits per heavy atom. The summed E-state index contributed by atoms with van der Waals surface area (Å²) in [6.45, 7) is 2.71. The fraction of sp³-hybridized carbons (Fsp3) is 0.429. The molecule has 108 valence electrons. The van der Waals surface area contributed by atoms with Gasteiger partial charge in [-0.15, -0.1) is 0 Å². The topological polar surface area (TPSA) is 61.2 Å². The second-order valence-electron chi connectivity index (χ2n) is 4.55. The average Bonchev–Trinajstić information content (AvgIpc) is 2.89. The van der Waals surface area contributed by atoms with Crippen LogP contribution in [0.3, 0.4) is 0 Å². The molecule has 0 saturated carbocycles. The van der Waals surface area contributed by atoms with Gasteiger partial charge < -0.3 is 14.8 Å². The molecule has 1 aromatic carbocycles. The van der Waals surface area contributed by atoms with Gasteiger partial charge in [-0.3, -0.25) is 4.68 Å². The predicted molar refractivity (Wildman–Crippen MR) is 75.8 cm³/mol. The number of nitrogens with zero attached hydrogens (tertiary/aromatic N) is 3. The van der Waals surface area contributed by atoms with Gasteiger partial charge >= 0.3 is 0 Å². The minimum atomic E-state index is 0.165. The highest BCUT2D eigenvalue weighted by molar-refractivity contribution is 5.43. The normalized spacial score (nSPS) is 12.2. The molecule has 0 spiro atoms. The Hall–Kier alpha value is -2.08. The zero-order valence-corrected chi connectivity index (χ0v) is 12.3. The summed E-state index contributed by atoms with van der Waals surface area (Å²) >= 11 is 0. The molecule has 0 aliphatic heterocycles. The second-order valence-corrected chi connectivity index (χ2v) is 4.55. The van der Waals surface area contributed by atoms with Gasteiger partial charge in [0, 0.05) is 13.1 Å². The Balaban J connectivity index is 2.03. The summed E-state index contributed by atoms with van der Waals surface area (Å²) in [5, 5.41) is 7.62. The lowest BCUT2D eigenvalue weighted by molar-refractivity contribution is 0.354. The Bertz CT molecular complexity index is 568. The molecule has 1 heterocycles. The van der Waals surface area contributed by atoms with E-state index in [9.17, 15) is 0 Å². The van der Waals surface area contributed by atoms with Crippen LogP contribution >= 0.6 is 0 Å². The predicted octanol–water partition coefficient (Wildman–Crippen LogP) is 1.68. The first-order valence-electron chi connectivity index (χ1n) is 6.44. The molecular formula is C14H20N4O2. The highest BCUT2D eigenvalue weighted by Gasteiger charge is 2.10. The third kappa shape index (κ3) is 3.27. The van der Waals surface area contributed by atoms with Crippen molar-refractivity contribution in [1.82, 2.24) is 20.1 Å². The molecule has 1 N–H and O–H groups in total. The van der Waals surface area contributed by atoms with Gasteiger partial charge in [-0.2, -0.15) is 5.10 Å². The fourth-order valence-electron chi connectivity index (χ4n) is 1.95. The molecule has 0 aliphatic carbocycles. The van der Waals surface area contributed by atoms with Crippen LogP contribution in [-0.2, 0) is 13.6 Å². The Morgan fingerprint density at radius 2 is 2.00 bits per heavy atom. The van der Waals surface area contributed by atoms with Gasteiger partial charge in [-0.1, -0.05) is 6.07 Å². The van der Waals surface area contributed by atoms with Gasteiger partial charge in [0.1, 0.15) is 6.33 Å². The maximum Gasteiger partial charge on any atom is 0.164 e. The van der Waals surface area contributed by atoms with Crippen LogP contribution in [0.25, 0.3) is 0 Å². The van der Waals surface area contributed by atoms with Crippen LogP contribution in [0.5, 0.6) is 11.5 Å². The van der Waals surface area contributed by atoms with Crippen molar-refractivity contribution in [3.8, 4) is 11.5 Å². The third-order valence-electron chi connectivity index (χ3n) is 3.12. The number of ether oxygens (including phenoxy) is 2. The van der Waals surface area contributed by atoms with Crippen LogP contribution in [0.2, 0.25) is 0 Å². The summed E-state index contributed by atoms with van der Waals surface area (Å²) in [7, 11) is 5.12. The Morgan fingerprint density at radius 1 is 1.25 bits per heavy atom. The van der Waals surface area contributed by atoms with Gasteiger partial charge in [0.2, 0.25) is 0 Å². The molecule has 0 radical (unpaired) electrons. The SMILES string of the molecule is COc1ccc(C(C)NCc2ncn(C)n2)cc1OC. The van der Waals surface area contributed by atoms with E-state index in [1.807, 2.05) is 25.2 Å². The zero-order chi connectivity index (χ0) is 14.5. The van der Waals surface area contributed by atoms with E-state index >= 15 is 0 Å². The van der Waals surface area contributed by atoms with Crippen LogP contribution in [0.1, 0.15) is 24.4 Å². The van der Waals surface area contributed by atoms with Crippen molar-refractivity contribution in [2.75, 3.05) is 14.2 Å². The minimum absolute atomic E-state index is 0.165. The van der Waals surface area contributed by atoms with Gasteiger partial charge in [0.05, 0.1) is 20.8 Å². The molecule has 0 aliphatic rings. The van der Waals surface area contributed by atoms with E-state index in [4.69, 9.17) is 9.47 Å². The van der Waals surface area contributed by atoms with Crippen LogP contribution in [-0.4, -0.2) is 29.0 Å². The van der Waals surface area contributed by atoms with Crippen molar-refractivity contribution in [1.29, 1.82) is 0 Å². The van der Waals surface area contributed by atoms with E-state index < -0.39 is 0 Å². The molecule has 2 aromatic rings. The molecule has 2 rings (SSSR count). The molecule has 1 atom stereocenters. The Labute approximate surface area is 118 Å². The molecular weight excluding hydrogens is 256 g/mol. The number of rotatable bonds is 6. The summed E-state index contributed by atoms with van der Waals surface area (Å²) < 4.78 is 12.2. The minimum Gasteiger partial charge on any atom is -0.493 e. The average molecular weight is 276 g/mol. The first-order valence-corrected chi connectivity index (χ1v) is 6.44. The largest absolute Gasteiger partial charge is 0.493 e. The summed E-state index contributed by atoms with van der Waals surface area (Å²) in [4.78, 5) is 4.19. The van der Waals surface area contributed by atoms with E-state index in [1.54, 1.807) is 25.2 Å². The molecule has 1 aromatic heterocycles. The molecule has 0 fully saturated rings. The summed E-state index contributed by atoms with van der Waals surface area (Å²) in [5.74, 6) is 2.24. The molecule has 20 heavy (non-hydrogen) atoms. The molecule has 0 saturated heterocycles. The number of benzene rings is 1. The van der Waals surface area contributed by atoms with Crippen molar-refractivity contribution in [3.05, 3.63) is 35.9 Å². The van der Waals surface area contributed by atoms with Crippen LogP contribution in [0.15, 0.2) is 24.5 Å². The van der Waals surface area contributed by atoms with Crippen molar-refractivity contribution >= 4 is 0 Å². The maximum atomic E-state index is 5.31. The monoisotopic (exact) mass is 276 g/mol. The van der Waals surface area contributed by atoms with Crippen LogP contribution in [0, 0.1) is 0 Å². The van der Waals surface area contributed by atoms with Crippen molar-refractivity contribution < 1.29 is 9.47 Å². The molecule has 0 amide bonds. The summed E-state index contributed by atoms with van der Waals surface area (Å²) in [6, 6.07) is 6.07. The van der Waals surface area contributed by atoms with Crippen molar-refractivity contribution in [2.24, 2.45) is 7.05 Å².